The first-order chi connectivity index (χ1) is 9.09. The Kier molecular flexibility index (Phi) is 3.30. The fourth-order valence-corrected chi connectivity index (χ4v) is 4.26. The Balaban J connectivity index is 2.04. The Morgan fingerprint density at radius 3 is 2.58 bits per heavy atom. The summed E-state index contributed by atoms with van der Waals surface area (Å²) in [4.78, 5) is 0. The molecular formula is C18H21Cl. The largest absolute Gasteiger partial charge is 0.117 e. The highest BCUT2D eigenvalue weighted by atomic mass is 35.5. The minimum absolute atomic E-state index is 0.128. The smallest absolute Gasteiger partial charge is 0.0624 e. The lowest BCUT2D eigenvalue weighted by atomic mass is 9.77. The van der Waals surface area contributed by atoms with E-state index in [1.165, 1.54) is 35.6 Å². The molecule has 0 nitrogen and oxygen atoms in total. The maximum atomic E-state index is 6.88. The van der Waals surface area contributed by atoms with Gasteiger partial charge in [0.25, 0.3) is 0 Å². The number of halogens is 1. The van der Waals surface area contributed by atoms with Gasteiger partial charge in [0.1, 0.15) is 0 Å². The lowest BCUT2D eigenvalue weighted by Gasteiger charge is -2.31. The van der Waals surface area contributed by atoms with Crippen molar-refractivity contribution in [2.24, 2.45) is 11.3 Å². The second-order valence-corrected chi connectivity index (χ2v) is 6.93. The van der Waals surface area contributed by atoms with Crippen molar-refractivity contribution in [1.29, 1.82) is 0 Å². The highest BCUT2D eigenvalue weighted by Gasteiger charge is 2.39. The van der Waals surface area contributed by atoms with Crippen molar-refractivity contribution < 1.29 is 0 Å². The van der Waals surface area contributed by atoms with Crippen LogP contribution in [0.3, 0.4) is 0 Å². The molecular weight excluding hydrogens is 252 g/mol. The van der Waals surface area contributed by atoms with Crippen LogP contribution in [0.25, 0.3) is 10.8 Å². The van der Waals surface area contributed by atoms with Gasteiger partial charge < -0.3 is 0 Å². The summed E-state index contributed by atoms with van der Waals surface area (Å²) < 4.78 is 0. The van der Waals surface area contributed by atoms with Gasteiger partial charge in [-0.05, 0) is 40.5 Å². The van der Waals surface area contributed by atoms with Crippen LogP contribution >= 0.6 is 11.6 Å². The van der Waals surface area contributed by atoms with Crippen LogP contribution in [0, 0.1) is 11.3 Å². The van der Waals surface area contributed by atoms with Crippen molar-refractivity contribution in [3.63, 3.8) is 0 Å². The van der Waals surface area contributed by atoms with Gasteiger partial charge in [0.2, 0.25) is 0 Å². The lowest BCUT2D eigenvalue weighted by molar-refractivity contribution is 0.252. The van der Waals surface area contributed by atoms with Crippen LogP contribution in [0.5, 0.6) is 0 Å². The van der Waals surface area contributed by atoms with Gasteiger partial charge in [0, 0.05) is 0 Å². The molecule has 19 heavy (non-hydrogen) atoms. The average Bonchev–Trinajstić information content (AvgIpc) is 2.77. The molecule has 0 aliphatic heterocycles. The Bertz CT molecular complexity index is 580. The summed E-state index contributed by atoms with van der Waals surface area (Å²) in [5.74, 6) is 0.583. The van der Waals surface area contributed by atoms with Crippen LogP contribution in [0.2, 0.25) is 0 Å². The van der Waals surface area contributed by atoms with Gasteiger partial charge in [-0.2, -0.15) is 0 Å². The first kappa shape index (κ1) is 13.0. The topological polar surface area (TPSA) is 0 Å². The maximum Gasteiger partial charge on any atom is 0.0624 e. The molecule has 1 saturated carbocycles. The van der Waals surface area contributed by atoms with E-state index < -0.39 is 0 Å². The van der Waals surface area contributed by atoms with Gasteiger partial charge in [0.05, 0.1) is 5.38 Å². The molecule has 1 aliphatic rings. The molecule has 1 fully saturated rings. The van der Waals surface area contributed by atoms with Gasteiger partial charge >= 0.3 is 0 Å². The molecule has 2 atom stereocenters. The number of benzene rings is 2. The molecule has 3 rings (SSSR count). The fraction of sp³-hybridized carbons (Fsp3) is 0.444. The third-order valence-corrected chi connectivity index (χ3v) is 5.35. The Hall–Kier alpha value is -1.01. The predicted molar refractivity (Wildman–Crippen MR) is 83.7 cm³/mol. The van der Waals surface area contributed by atoms with Gasteiger partial charge in [-0.1, -0.05) is 62.7 Å². The molecule has 0 N–H and O–H groups in total. The lowest BCUT2D eigenvalue weighted by Crippen LogP contribution is -2.21. The number of hydrogen-bond acceptors (Lipinski definition) is 0. The van der Waals surface area contributed by atoms with Crippen molar-refractivity contribution in [2.45, 2.75) is 38.5 Å². The molecule has 100 valence electrons. The Morgan fingerprint density at radius 1 is 1.11 bits per heavy atom. The second kappa shape index (κ2) is 4.83. The number of fused-ring (bicyclic) bond motifs is 1. The molecule has 2 aromatic carbocycles. The highest BCUT2D eigenvalue weighted by Crippen LogP contribution is 2.51. The third-order valence-electron chi connectivity index (χ3n) is 4.81. The van der Waals surface area contributed by atoms with E-state index in [9.17, 15) is 0 Å². The zero-order valence-corrected chi connectivity index (χ0v) is 12.5. The summed E-state index contributed by atoms with van der Waals surface area (Å²) in [6.07, 6.45) is 3.86. The van der Waals surface area contributed by atoms with Gasteiger partial charge in [-0.15, -0.1) is 11.6 Å². The molecule has 0 amide bonds. The summed E-state index contributed by atoms with van der Waals surface area (Å²) in [6, 6.07) is 15.1. The molecule has 0 spiro atoms. The standard InChI is InChI=1S/C18H21Cl/c1-18(2)12-6-11-16(18)17(19)15-10-5-8-13-7-3-4-9-14(13)15/h3-5,7-10,16-17H,6,11-12H2,1-2H3. The van der Waals surface area contributed by atoms with Crippen molar-refractivity contribution in [1.82, 2.24) is 0 Å². The predicted octanol–water partition coefficient (Wildman–Crippen LogP) is 5.95. The first-order valence-corrected chi connectivity index (χ1v) is 7.65. The summed E-state index contributed by atoms with van der Waals surface area (Å²) in [5, 5.41) is 2.73. The van der Waals surface area contributed by atoms with E-state index in [0.717, 1.165) is 0 Å². The van der Waals surface area contributed by atoms with Crippen LogP contribution in [-0.4, -0.2) is 0 Å². The zero-order chi connectivity index (χ0) is 13.5. The van der Waals surface area contributed by atoms with Crippen LogP contribution in [0.4, 0.5) is 0 Å². The minimum atomic E-state index is 0.128. The van der Waals surface area contributed by atoms with Crippen molar-refractivity contribution in [3.05, 3.63) is 48.0 Å². The molecule has 2 aromatic rings. The zero-order valence-electron chi connectivity index (χ0n) is 11.7. The van der Waals surface area contributed by atoms with E-state index in [-0.39, 0.29) is 5.38 Å². The summed E-state index contributed by atoms with van der Waals surface area (Å²) >= 11 is 6.88. The normalized spacial score (nSPS) is 23.6. The molecule has 0 radical (unpaired) electrons. The van der Waals surface area contributed by atoms with Crippen molar-refractivity contribution >= 4 is 22.4 Å². The van der Waals surface area contributed by atoms with Crippen LogP contribution < -0.4 is 0 Å². The van der Waals surface area contributed by atoms with Crippen LogP contribution in [0.15, 0.2) is 42.5 Å². The summed E-state index contributed by atoms with van der Waals surface area (Å²) in [5.41, 5.74) is 1.67. The average molecular weight is 273 g/mol. The first-order valence-electron chi connectivity index (χ1n) is 7.21. The van der Waals surface area contributed by atoms with Crippen molar-refractivity contribution in [2.75, 3.05) is 0 Å². The van der Waals surface area contributed by atoms with E-state index in [4.69, 9.17) is 11.6 Å². The minimum Gasteiger partial charge on any atom is -0.117 e. The quantitative estimate of drug-likeness (QED) is 0.593. The number of hydrogen-bond donors (Lipinski definition) is 0. The molecule has 0 aromatic heterocycles. The Morgan fingerprint density at radius 2 is 1.84 bits per heavy atom. The molecule has 0 saturated heterocycles. The fourth-order valence-electron chi connectivity index (χ4n) is 3.60. The molecule has 0 heterocycles. The molecule has 1 aliphatic carbocycles. The summed E-state index contributed by atoms with van der Waals surface area (Å²) in [6.45, 7) is 4.73. The van der Waals surface area contributed by atoms with E-state index in [1.54, 1.807) is 0 Å². The second-order valence-electron chi connectivity index (χ2n) is 6.46. The van der Waals surface area contributed by atoms with E-state index >= 15 is 0 Å². The Labute approximate surface area is 120 Å². The van der Waals surface area contributed by atoms with Gasteiger partial charge in [-0.25, -0.2) is 0 Å². The van der Waals surface area contributed by atoms with Crippen LogP contribution in [0.1, 0.15) is 44.1 Å². The van der Waals surface area contributed by atoms with E-state index in [2.05, 4.69) is 56.3 Å². The highest BCUT2D eigenvalue weighted by molar-refractivity contribution is 6.22. The van der Waals surface area contributed by atoms with Gasteiger partial charge in [0.15, 0.2) is 0 Å². The molecule has 1 heteroatoms. The SMILES string of the molecule is CC1(C)CCCC1C(Cl)c1cccc2ccccc12. The maximum absolute atomic E-state index is 6.88. The molecule has 2 unspecified atom stereocenters. The number of rotatable bonds is 2. The van der Waals surface area contributed by atoms with Crippen LogP contribution in [-0.2, 0) is 0 Å². The number of alkyl halides is 1. The van der Waals surface area contributed by atoms with E-state index in [0.29, 0.717) is 11.3 Å². The van der Waals surface area contributed by atoms with Crippen molar-refractivity contribution in [3.8, 4) is 0 Å². The third kappa shape index (κ3) is 2.27. The monoisotopic (exact) mass is 272 g/mol. The summed E-state index contributed by atoms with van der Waals surface area (Å²) in [7, 11) is 0. The molecule has 0 bridgehead atoms. The van der Waals surface area contributed by atoms with E-state index in [1.807, 2.05) is 0 Å². The van der Waals surface area contributed by atoms with Gasteiger partial charge in [-0.3, -0.25) is 0 Å².